The summed E-state index contributed by atoms with van der Waals surface area (Å²) in [6.07, 6.45) is 3.80. The number of aryl methyl sites for hydroxylation is 1. The molecule has 0 spiro atoms. The van der Waals surface area contributed by atoms with Crippen molar-refractivity contribution in [3.8, 4) is 0 Å². The molecule has 1 aromatic carbocycles. The topological polar surface area (TPSA) is 15.3 Å². The van der Waals surface area contributed by atoms with Crippen molar-refractivity contribution in [2.75, 3.05) is 13.1 Å². The van der Waals surface area contributed by atoms with Crippen molar-refractivity contribution < 1.29 is 4.39 Å². The van der Waals surface area contributed by atoms with Crippen LogP contribution in [-0.2, 0) is 6.54 Å². The van der Waals surface area contributed by atoms with E-state index in [1.807, 2.05) is 13.0 Å². The van der Waals surface area contributed by atoms with Crippen LogP contribution >= 0.6 is 0 Å². The summed E-state index contributed by atoms with van der Waals surface area (Å²) >= 11 is 0. The number of piperidine rings is 1. The molecule has 0 aliphatic carbocycles. The fourth-order valence-electron chi connectivity index (χ4n) is 2.09. The van der Waals surface area contributed by atoms with Gasteiger partial charge in [-0.1, -0.05) is 24.1 Å². The van der Waals surface area contributed by atoms with E-state index in [0.29, 0.717) is 6.54 Å². The third-order valence-corrected chi connectivity index (χ3v) is 3.05. The Labute approximate surface area is 96.4 Å². The number of hydrazine groups is 1. The molecule has 0 atom stereocenters. The lowest BCUT2D eigenvalue weighted by Crippen LogP contribution is -2.41. The molecular weight excluding hydrogens is 203 g/mol. The molecule has 1 N–H and O–H groups in total. The highest BCUT2D eigenvalue weighted by Crippen LogP contribution is 2.11. The zero-order valence-corrected chi connectivity index (χ0v) is 9.80. The summed E-state index contributed by atoms with van der Waals surface area (Å²) in [4.78, 5) is 0. The lowest BCUT2D eigenvalue weighted by Gasteiger charge is -2.27. The number of nitrogens with one attached hydrogen (secondary N) is 1. The van der Waals surface area contributed by atoms with Crippen LogP contribution in [0.25, 0.3) is 0 Å². The van der Waals surface area contributed by atoms with E-state index in [-0.39, 0.29) is 5.82 Å². The van der Waals surface area contributed by atoms with Gasteiger partial charge in [0, 0.05) is 25.2 Å². The predicted molar refractivity (Wildman–Crippen MR) is 63.4 cm³/mol. The maximum atomic E-state index is 13.5. The first-order chi connectivity index (χ1) is 7.75. The number of hydrogen-bond acceptors (Lipinski definition) is 2. The fourth-order valence-corrected chi connectivity index (χ4v) is 2.09. The molecule has 0 amide bonds. The number of nitrogens with zero attached hydrogens (tertiary/aromatic N) is 1. The van der Waals surface area contributed by atoms with Gasteiger partial charge in [-0.2, -0.15) is 0 Å². The Morgan fingerprint density at radius 1 is 1.25 bits per heavy atom. The van der Waals surface area contributed by atoms with E-state index in [9.17, 15) is 4.39 Å². The smallest absolute Gasteiger partial charge is 0.127 e. The van der Waals surface area contributed by atoms with E-state index >= 15 is 0 Å². The van der Waals surface area contributed by atoms with Gasteiger partial charge >= 0.3 is 0 Å². The number of halogens is 1. The minimum absolute atomic E-state index is 0.116. The van der Waals surface area contributed by atoms with Gasteiger partial charge < -0.3 is 0 Å². The Kier molecular flexibility index (Phi) is 3.91. The average molecular weight is 222 g/mol. The Hall–Kier alpha value is -0.930. The number of hydrogen-bond donors (Lipinski definition) is 1. The molecule has 1 aliphatic heterocycles. The standard InChI is InChI=1S/C13H19FN2/c1-11-5-6-13(14)12(9-11)10-15-16-7-3-2-4-8-16/h5-6,9,15H,2-4,7-8,10H2,1H3. The number of rotatable bonds is 3. The second-order valence-electron chi connectivity index (χ2n) is 4.48. The third kappa shape index (κ3) is 3.03. The maximum Gasteiger partial charge on any atom is 0.127 e. The fraction of sp³-hybridized carbons (Fsp3) is 0.538. The normalized spacial score (nSPS) is 17.6. The molecule has 1 saturated heterocycles. The molecule has 1 aromatic rings. The molecule has 3 heteroatoms. The van der Waals surface area contributed by atoms with Crippen LogP contribution in [0.1, 0.15) is 30.4 Å². The zero-order chi connectivity index (χ0) is 11.4. The van der Waals surface area contributed by atoms with Crippen LogP contribution in [0.2, 0.25) is 0 Å². The van der Waals surface area contributed by atoms with Gasteiger partial charge in [0.05, 0.1) is 0 Å². The molecule has 2 nitrogen and oxygen atoms in total. The van der Waals surface area contributed by atoms with Crippen molar-refractivity contribution in [2.24, 2.45) is 0 Å². The summed E-state index contributed by atoms with van der Waals surface area (Å²) in [6, 6.07) is 5.26. The molecule has 2 rings (SSSR count). The van der Waals surface area contributed by atoms with Crippen LogP contribution in [0.15, 0.2) is 18.2 Å². The lowest BCUT2D eigenvalue weighted by molar-refractivity contribution is 0.150. The van der Waals surface area contributed by atoms with Crippen molar-refractivity contribution in [2.45, 2.75) is 32.7 Å². The van der Waals surface area contributed by atoms with Crippen molar-refractivity contribution in [3.63, 3.8) is 0 Å². The highest BCUT2D eigenvalue weighted by atomic mass is 19.1. The van der Waals surface area contributed by atoms with Gasteiger partial charge in [-0.15, -0.1) is 0 Å². The van der Waals surface area contributed by atoms with E-state index in [2.05, 4.69) is 10.4 Å². The van der Waals surface area contributed by atoms with Gasteiger partial charge in [0.2, 0.25) is 0 Å². The second kappa shape index (κ2) is 5.41. The molecular formula is C13H19FN2. The quantitative estimate of drug-likeness (QED) is 0.845. The summed E-state index contributed by atoms with van der Waals surface area (Å²) in [5, 5.41) is 2.20. The van der Waals surface area contributed by atoms with Gasteiger partial charge in [-0.25, -0.2) is 9.40 Å². The summed E-state index contributed by atoms with van der Waals surface area (Å²) in [7, 11) is 0. The summed E-state index contributed by atoms with van der Waals surface area (Å²) in [6.45, 7) is 4.73. The van der Waals surface area contributed by atoms with Crippen LogP contribution in [0, 0.1) is 12.7 Å². The molecule has 1 aliphatic rings. The van der Waals surface area contributed by atoms with Crippen LogP contribution in [0.4, 0.5) is 4.39 Å². The highest BCUT2D eigenvalue weighted by molar-refractivity contribution is 5.23. The molecule has 16 heavy (non-hydrogen) atoms. The van der Waals surface area contributed by atoms with Crippen molar-refractivity contribution >= 4 is 0 Å². The minimum Gasteiger partial charge on any atom is -0.251 e. The Morgan fingerprint density at radius 3 is 2.75 bits per heavy atom. The van der Waals surface area contributed by atoms with E-state index in [1.165, 1.54) is 19.3 Å². The van der Waals surface area contributed by atoms with Gasteiger partial charge in [-0.05, 0) is 25.8 Å². The van der Waals surface area contributed by atoms with Crippen LogP contribution in [0.5, 0.6) is 0 Å². The van der Waals surface area contributed by atoms with Gasteiger partial charge in [0.1, 0.15) is 5.82 Å². The van der Waals surface area contributed by atoms with Gasteiger partial charge in [0.25, 0.3) is 0 Å². The third-order valence-electron chi connectivity index (χ3n) is 3.05. The van der Waals surface area contributed by atoms with Gasteiger partial charge in [-0.3, -0.25) is 5.43 Å². The Bertz CT molecular complexity index is 346. The number of benzene rings is 1. The molecule has 0 bridgehead atoms. The molecule has 0 saturated carbocycles. The minimum atomic E-state index is -0.116. The molecule has 0 radical (unpaired) electrons. The molecule has 1 fully saturated rings. The summed E-state index contributed by atoms with van der Waals surface area (Å²) in [5.74, 6) is -0.116. The first kappa shape index (κ1) is 11.6. The van der Waals surface area contributed by atoms with Crippen LogP contribution in [0.3, 0.4) is 0 Å². The van der Waals surface area contributed by atoms with Crippen molar-refractivity contribution in [1.82, 2.24) is 10.4 Å². The second-order valence-corrected chi connectivity index (χ2v) is 4.48. The van der Waals surface area contributed by atoms with Crippen LogP contribution in [-0.4, -0.2) is 18.1 Å². The molecule has 1 heterocycles. The Morgan fingerprint density at radius 2 is 2.00 bits per heavy atom. The summed E-state index contributed by atoms with van der Waals surface area (Å²) in [5.41, 5.74) is 5.16. The Balaban J connectivity index is 1.90. The van der Waals surface area contributed by atoms with Crippen molar-refractivity contribution in [1.29, 1.82) is 0 Å². The molecule has 0 aromatic heterocycles. The largest absolute Gasteiger partial charge is 0.251 e. The highest BCUT2D eigenvalue weighted by Gasteiger charge is 2.10. The average Bonchev–Trinajstić information content (AvgIpc) is 2.32. The maximum absolute atomic E-state index is 13.5. The van der Waals surface area contributed by atoms with Crippen molar-refractivity contribution in [3.05, 3.63) is 35.1 Å². The van der Waals surface area contributed by atoms with Crippen LogP contribution < -0.4 is 5.43 Å². The first-order valence-electron chi connectivity index (χ1n) is 5.99. The van der Waals surface area contributed by atoms with E-state index in [0.717, 1.165) is 24.2 Å². The van der Waals surface area contributed by atoms with Gasteiger partial charge in [0.15, 0.2) is 0 Å². The molecule has 0 unspecified atom stereocenters. The lowest BCUT2D eigenvalue weighted by atomic mass is 10.1. The van der Waals surface area contributed by atoms with E-state index in [1.54, 1.807) is 12.1 Å². The predicted octanol–water partition coefficient (Wildman–Crippen LogP) is 2.62. The van der Waals surface area contributed by atoms with E-state index < -0.39 is 0 Å². The monoisotopic (exact) mass is 222 g/mol. The molecule has 88 valence electrons. The summed E-state index contributed by atoms with van der Waals surface area (Å²) < 4.78 is 13.5. The first-order valence-corrected chi connectivity index (χ1v) is 5.99. The zero-order valence-electron chi connectivity index (χ0n) is 9.80. The van der Waals surface area contributed by atoms with E-state index in [4.69, 9.17) is 0 Å². The SMILES string of the molecule is Cc1ccc(F)c(CNN2CCCCC2)c1.